The molecular weight excluding hydrogens is 295 g/mol. The Morgan fingerprint density at radius 2 is 2.14 bits per heavy atom. The van der Waals surface area contributed by atoms with E-state index in [9.17, 15) is 9.90 Å². The highest BCUT2D eigenvalue weighted by Gasteiger charge is 2.14. The Morgan fingerprint density at radius 1 is 1.50 bits per heavy atom. The van der Waals surface area contributed by atoms with Crippen LogP contribution in [0.15, 0.2) is 18.2 Å². The Labute approximate surface area is 96.2 Å². The Balaban J connectivity index is 2.96. The van der Waals surface area contributed by atoms with Crippen molar-refractivity contribution in [1.29, 1.82) is 0 Å². The predicted octanol–water partition coefficient (Wildman–Crippen LogP) is 2.56. The largest absolute Gasteiger partial charge is 0.507 e. The van der Waals surface area contributed by atoms with Crippen LogP contribution in [0.4, 0.5) is 0 Å². The summed E-state index contributed by atoms with van der Waals surface area (Å²) in [6, 6.07) is 4.79. The van der Waals surface area contributed by atoms with E-state index in [0.29, 0.717) is 9.13 Å². The fourth-order valence-electron chi connectivity index (χ4n) is 0.955. The number of phenolic OH excluding ortho intramolecular Hbond substituents is 1. The first-order valence-electron chi connectivity index (χ1n) is 4.21. The third-order valence-corrected chi connectivity index (χ3v) is 2.67. The molecule has 76 valence electrons. The summed E-state index contributed by atoms with van der Waals surface area (Å²) in [5.41, 5.74) is 0.402. The first kappa shape index (κ1) is 11.3. The van der Waals surface area contributed by atoms with Crippen LogP contribution in [0.3, 0.4) is 0 Å². The summed E-state index contributed by atoms with van der Waals surface area (Å²) in [4.78, 5) is 11.5. The van der Waals surface area contributed by atoms with Crippen molar-refractivity contribution in [2.45, 2.75) is 20.0 Å². The van der Waals surface area contributed by atoms with Crippen molar-refractivity contribution in [2.75, 3.05) is 0 Å². The van der Waals surface area contributed by atoms with Gasteiger partial charge in [-0.05, 0) is 48.6 Å². The molecule has 1 N–H and O–H groups in total. The molecular formula is C10H11IO3. The topological polar surface area (TPSA) is 46.5 Å². The van der Waals surface area contributed by atoms with E-state index >= 15 is 0 Å². The number of hydrogen-bond donors (Lipinski definition) is 1. The molecule has 0 saturated heterocycles. The summed E-state index contributed by atoms with van der Waals surface area (Å²) in [6.45, 7) is 3.57. The van der Waals surface area contributed by atoms with Gasteiger partial charge < -0.3 is 9.84 Å². The number of hydrogen-bond acceptors (Lipinski definition) is 3. The normalized spacial score (nSPS) is 10.3. The van der Waals surface area contributed by atoms with Crippen molar-refractivity contribution in [3.8, 4) is 5.75 Å². The molecule has 0 saturated carbocycles. The average Bonchev–Trinajstić information content (AvgIpc) is 2.08. The lowest BCUT2D eigenvalue weighted by molar-refractivity contribution is 0.0376. The number of esters is 1. The highest BCUT2D eigenvalue weighted by atomic mass is 127. The lowest BCUT2D eigenvalue weighted by Crippen LogP contribution is -2.12. The third kappa shape index (κ3) is 2.60. The fourth-order valence-corrected chi connectivity index (χ4v) is 1.53. The second-order valence-corrected chi connectivity index (χ2v) is 4.17. The molecule has 0 aliphatic heterocycles. The minimum Gasteiger partial charge on any atom is -0.507 e. The first-order chi connectivity index (χ1) is 6.52. The molecule has 0 atom stereocenters. The van der Waals surface area contributed by atoms with E-state index in [2.05, 4.69) is 0 Å². The van der Waals surface area contributed by atoms with Gasteiger partial charge in [0.05, 0.1) is 15.2 Å². The van der Waals surface area contributed by atoms with Crippen LogP contribution in [-0.4, -0.2) is 17.2 Å². The SMILES string of the molecule is CC(C)OC(=O)c1cccc(O)c1I. The fraction of sp³-hybridized carbons (Fsp3) is 0.300. The predicted molar refractivity (Wildman–Crippen MR) is 61.4 cm³/mol. The van der Waals surface area contributed by atoms with E-state index < -0.39 is 5.97 Å². The van der Waals surface area contributed by atoms with E-state index in [-0.39, 0.29) is 11.9 Å². The lowest BCUT2D eigenvalue weighted by atomic mass is 10.2. The van der Waals surface area contributed by atoms with Gasteiger partial charge in [-0.2, -0.15) is 0 Å². The van der Waals surface area contributed by atoms with Crippen LogP contribution in [0.2, 0.25) is 0 Å². The van der Waals surface area contributed by atoms with Crippen molar-refractivity contribution < 1.29 is 14.6 Å². The van der Waals surface area contributed by atoms with Crippen LogP contribution in [0.1, 0.15) is 24.2 Å². The number of ether oxygens (including phenoxy) is 1. The average molecular weight is 306 g/mol. The Morgan fingerprint density at radius 3 is 2.71 bits per heavy atom. The molecule has 0 aromatic heterocycles. The van der Waals surface area contributed by atoms with Gasteiger partial charge in [0.1, 0.15) is 5.75 Å². The molecule has 0 unspecified atom stereocenters. The molecule has 1 aromatic rings. The Hall–Kier alpha value is -0.780. The number of benzene rings is 1. The molecule has 14 heavy (non-hydrogen) atoms. The van der Waals surface area contributed by atoms with Gasteiger partial charge in [0.2, 0.25) is 0 Å². The molecule has 1 rings (SSSR count). The second-order valence-electron chi connectivity index (χ2n) is 3.09. The zero-order chi connectivity index (χ0) is 10.7. The van der Waals surface area contributed by atoms with Crippen molar-refractivity contribution in [1.82, 2.24) is 0 Å². The summed E-state index contributed by atoms with van der Waals surface area (Å²) in [5, 5.41) is 9.37. The van der Waals surface area contributed by atoms with Crippen LogP contribution in [-0.2, 0) is 4.74 Å². The van der Waals surface area contributed by atoms with Crippen molar-refractivity contribution >= 4 is 28.6 Å². The summed E-state index contributed by atoms with van der Waals surface area (Å²) in [6.07, 6.45) is -0.152. The maximum atomic E-state index is 11.5. The van der Waals surface area contributed by atoms with Gasteiger partial charge in [-0.15, -0.1) is 0 Å². The number of phenols is 1. The Kier molecular flexibility index (Phi) is 3.74. The smallest absolute Gasteiger partial charge is 0.339 e. The number of carbonyl (C=O) groups excluding carboxylic acids is 1. The van der Waals surface area contributed by atoms with E-state index in [1.165, 1.54) is 6.07 Å². The van der Waals surface area contributed by atoms with Gasteiger partial charge in [-0.1, -0.05) is 6.07 Å². The zero-order valence-corrected chi connectivity index (χ0v) is 10.1. The van der Waals surface area contributed by atoms with E-state index in [4.69, 9.17) is 4.74 Å². The second kappa shape index (κ2) is 4.63. The standard InChI is InChI=1S/C10H11IO3/c1-6(2)14-10(13)7-4-3-5-8(12)9(7)11/h3-6,12H,1-2H3. The van der Waals surface area contributed by atoms with Gasteiger partial charge in [-0.25, -0.2) is 4.79 Å². The number of aromatic hydroxyl groups is 1. The number of rotatable bonds is 2. The zero-order valence-electron chi connectivity index (χ0n) is 7.95. The van der Waals surface area contributed by atoms with E-state index in [1.807, 2.05) is 22.6 Å². The van der Waals surface area contributed by atoms with E-state index in [1.54, 1.807) is 26.0 Å². The number of carbonyl (C=O) groups is 1. The number of halogens is 1. The molecule has 0 spiro atoms. The molecule has 0 amide bonds. The van der Waals surface area contributed by atoms with Crippen LogP contribution >= 0.6 is 22.6 Å². The van der Waals surface area contributed by atoms with Gasteiger partial charge in [0.25, 0.3) is 0 Å². The highest BCUT2D eigenvalue weighted by Crippen LogP contribution is 2.23. The first-order valence-corrected chi connectivity index (χ1v) is 5.28. The van der Waals surface area contributed by atoms with Crippen LogP contribution in [0, 0.1) is 3.57 Å². The molecule has 0 aliphatic carbocycles. The highest BCUT2D eigenvalue weighted by molar-refractivity contribution is 14.1. The van der Waals surface area contributed by atoms with E-state index in [0.717, 1.165) is 0 Å². The van der Waals surface area contributed by atoms with Crippen LogP contribution in [0.25, 0.3) is 0 Å². The van der Waals surface area contributed by atoms with Crippen molar-refractivity contribution in [2.24, 2.45) is 0 Å². The molecule has 0 heterocycles. The Bertz CT molecular complexity index is 347. The van der Waals surface area contributed by atoms with Crippen LogP contribution in [0.5, 0.6) is 5.75 Å². The molecule has 4 heteroatoms. The quantitative estimate of drug-likeness (QED) is 0.675. The lowest BCUT2D eigenvalue weighted by Gasteiger charge is -2.09. The maximum absolute atomic E-state index is 11.5. The molecule has 0 aliphatic rings. The molecule has 1 aromatic carbocycles. The van der Waals surface area contributed by atoms with Gasteiger partial charge in [-0.3, -0.25) is 0 Å². The summed E-state index contributed by atoms with van der Waals surface area (Å²) in [5.74, 6) is -0.302. The minimum atomic E-state index is -0.402. The summed E-state index contributed by atoms with van der Waals surface area (Å²) >= 11 is 1.92. The third-order valence-electron chi connectivity index (χ3n) is 1.54. The minimum absolute atomic E-state index is 0.101. The van der Waals surface area contributed by atoms with Gasteiger partial charge in [0.15, 0.2) is 0 Å². The molecule has 0 fully saturated rings. The van der Waals surface area contributed by atoms with Crippen molar-refractivity contribution in [3.63, 3.8) is 0 Å². The van der Waals surface area contributed by atoms with Gasteiger partial charge in [0, 0.05) is 0 Å². The summed E-state index contributed by atoms with van der Waals surface area (Å²) < 4.78 is 5.54. The monoisotopic (exact) mass is 306 g/mol. The van der Waals surface area contributed by atoms with Crippen LogP contribution < -0.4 is 0 Å². The maximum Gasteiger partial charge on any atom is 0.339 e. The molecule has 0 radical (unpaired) electrons. The summed E-state index contributed by atoms with van der Waals surface area (Å²) in [7, 11) is 0. The molecule has 3 nitrogen and oxygen atoms in total. The molecule has 0 bridgehead atoms. The van der Waals surface area contributed by atoms with Gasteiger partial charge >= 0.3 is 5.97 Å². The van der Waals surface area contributed by atoms with Crippen molar-refractivity contribution in [3.05, 3.63) is 27.3 Å².